The zero-order chi connectivity index (χ0) is 18.0. The van der Waals surface area contributed by atoms with Gasteiger partial charge in [0.25, 0.3) is 11.8 Å². The van der Waals surface area contributed by atoms with E-state index < -0.39 is 17.8 Å². The smallest absolute Gasteiger partial charge is 0.331 e. The molecule has 1 aliphatic rings. The molecular formula is C16H15N5O4. The average Bonchev–Trinajstić information content (AvgIpc) is 3.09. The van der Waals surface area contributed by atoms with Gasteiger partial charge in [-0.25, -0.2) is 14.8 Å². The van der Waals surface area contributed by atoms with Crippen molar-refractivity contribution in [1.82, 2.24) is 20.2 Å². The largest absolute Gasteiger partial charge is 0.467 e. The van der Waals surface area contributed by atoms with E-state index in [0.29, 0.717) is 17.3 Å². The predicted molar refractivity (Wildman–Crippen MR) is 87.1 cm³/mol. The van der Waals surface area contributed by atoms with E-state index in [1.165, 1.54) is 24.7 Å². The molecule has 0 bridgehead atoms. The molecule has 1 fully saturated rings. The van der Waals surface area contributed by atoms with Crippen LogP contribution in [0.15, 0.2) is 40.8 Å². The average molecular weight is 341 g/mol. The van der Waals surface area contributed by atoms with Crippen molar-refractivity contribution in [1.29, 1.82) is 0 Å². The van der Waals surface area contributed by atoms with Crippen molar-refractivity contribution in [2.24, 2.45) is 0 Å². The van der Waals surface area contributed by atoms with Crippen molar-refractivity contribution >= 4 is 29.9 Å². The van der Waals surface area contributed by atoms with Crippen LogP contribution in [-0.2, 0) is 16.1 Å². The van der Waals surface area contributed by atoms with E-state index >= 15 is 0 Å². The fourth-order valence-corrected chi connectivity index (χ4v) is 2.20. The van der Waals surface area contributed by atoms with Crippen molar-refractivity contribution in [2.45, 2.75) is 6.54 Å². The number of aromatic nitrogens is 2. The predicted octanol–water partition coefficient (Wildman–Crippen LogP) is 0.798. The van der Waals surface area contributed by atoms with Gasteiger partial charge in [0.05, 0.1) is 12.8 Å². The van der Waals surface area contributed by atoms with E-state index in [-0.39, 0.29) is 12.1 Å². The Morgan fingerprint density at radius 1 is 1.24 bits per heavy atom. The zero-order valence-electron chi connectivity index (χ0n) is 13.6. The minimum absolute atomic E-state index is 0.0711. The third-order valence-electron chi connectivity index (χ3n) is 3.45. The number of urea groups is 1. The maximum atomic E-state index is 12.5. The second kappa shape index (κ2) is 6.56. The summed E-state index contributed by atoms with van der Waals surface area (Å²) >= 11 is 0. The standard InChI is InChI=1S/C16H15N5O4/c1-20(2)15-17-7-10(8-18-15)6-12-13(22)19-16(24)21(14(12)23)9-11-4-3-5-25-11/h3-8H,9H2,1-2H3,(H,19,22,24)/b12-6+. The summed E-state index contributed by atoms with van der Waals surface area (Å²) in [5.41, 5.74) is 0.295. The lowest BCUT2D eigenvalue weighted by atomic mass is 10.1. The van der Waals surface area contributed by atoms with Crippen molar-refractivity contribution in [3.63, 3.8) is 0 Å². The molecule has 0 radical (unpaired) electrons. The number of hydrogen-bond donors (Lipinski definition) is 1. The van der Waals surface area contributed by atoms with Crippen LogP contribution < -0.4 is 10.2 Å². The Labute approximate surface area is 143 Å². The first-order valence-electron chi connectivity index (χ1n) is 7.36. The SMILES string of the molecule is CN(C)c1ncc(/C=C2\C(=O)NC(=O)N(Cc3ccco3)C2=O)cn1. The molecule has 2 aromatic rings. The maximum Gasteiger partial charge on any atom is 0.331 e. The van der Waals surface area contributed by atoms with Gasteiger partial charge >= 0.3 is 6.03 Å². The third kappa shape index (κ3) is 3.39. The highest BCUT2D eigenvalue weighted by atomic mass is 16.3. The molecule has 0 aromatic carbocycles. The van der Waals surface area contributed by atoms with Gasteiger partial charge in [0.2, 0.25) is 5.95 Å². The number of rotatable bonds is 4. The van der Waals surface area contributed by atoms with Crippen molar-refractivity contribution in [3.8, 4) is 0 Å². The molecular weight excluding hydrogens is 326 g/mol. The molecule has 9 nitrogen and oxygen atoms in total. The Morgan fingerprint density at radius 2 is 1.96 bits per heavy atom. The molecule has 1 aliphatic heterocycles. The van der Waals surface area contributed by atoms with E-state index in [0.717, 1.165) is 4.90 Å². The number of hydrogen-bond acceptors (Lipinski definition) is 7. The van der Waals surface area contributed by atoms with Crippen LogP contribution in [0.3, 0.4) is 0 Å². The number of nitrogens with zero attached hydrogens (tertiary/aromatic N) is 4. The lowest BCUT2D eigenvalue weighted by Crippen LogP contribution is -2.53. The highest BCUT2D eigenvalue weighted by molar-refractivity contribution is 6.30. The Balaban J connectivity index is 1.87. The lowest BCUT2D eigenvalue weighted by molar-refractivity contribution is -0.130. The minimum atomic E-state index is -0.789. The Bertz CT molecular complexity index is 840. The molecule has 3 rings (SSSR count). The Kier molecular flexibility index (Phi) is 4.29. The molecule has 1 saturated heterocycles. The quantitative estimate of drug-likeness (QED) is 0.647. The summed E-state index contributed by atoms with van der Waals surface area (Å²) in [6.07, 6.45) is 5.76. The Morgan fingerprint density at radius 3 is 2.56 bits per heavy atom. The molecule has 0 aliphatic carbocycles. The van der Waals surface area contributed by atoms with Crippen LogP contribution in [0.1, 0.15) is 11.3 Å². The van der Waals surface area contributed by atoms with Gasteiger partial charge in [-0.05, 0) is 18.2 Å². The monoisotopic (exact) mass is 341 g/mol. The molecule has 1 N–H and O–H groups in total. The lowest BCUT2D eigenvalue weighted by Gasteiger charge is -2.25. The van der Waals surface area contributed by atoms with Gasteiger partial charge in [0, 0.05) is 32.1 Å². The number of carbonyl (C=O) groups excluding carboxylic acids is 3. The summed E-state index contributed by atoms with van der Waals surface area (Å²) in [6, 6.07) is 2.49. The fraction of sp³-hybridized carbons (Fsp3) is 0.188. The maximum absolute atomic E-state index is 12.5. The van der Waals surface area contributed by atoms with Crippen LogP contribution in [0.2, 0.25) is 0 Å². The van der Waals surface area contributed by atoms with E-state index in [1.807, 2.05) is 0 Å². The molecule has 2 aromatic heterocycles. The number of carbonyl (C=O) groups is 3. The second-order valence-corrected chi connectivity index (χ2v) is 5.50. The van der Waals surface area contributed by atoms with E-state index in [9.17, 15) is 14.4 Å². The molecule has 128 valence electrons. The van der Waals surface area contributed by atoms with E-state index in [2.05, 4.69) is 15.3 Å². The topological polar surface area (TPSA) is 109 Å². The van der Waals surface area contributed by atoms with Crippen LogP contribution in [0.5, 0.6) is 0 Å². The molecule has 0 spiro atoms. The van der Waals surface area contributed by atoms with Crippen molar-refractivity contribution < 1.29 is 18.8 Å². The number of imide groups is 2. The van der Waals surface area contributed by atoms with Gasteiger partial charge in [0.15, 0.2) is 0 Å². The summed E-state index contributed by atoms with van der Waals surface area (Å²) in [7, 11) is 3.59. The van der Waals surface area contributed by atoms with E-state index in [1.54, 1.807) is 31.1 Å². The van der Waals surface area contributed by atoms with Gasteiger partial charge < -0.3 is 9.32 Å². The minimum Gasteiger partial charge on any atom is -0.467 e. The summed E-state index contributed by atoms with van der Waals surface area (Å²) in [5.74, 6) is -0.545. The van der Waals surface area contributed by atoms with Crippen LogP contribution in [-0.4, -0.2) is 46.8 Å². The van der Waals surface area contributed by atoms with Gasteiger partial charge in [0.1, 0.15) is 11.3 Å². The zero-order valence-corrected chi connectivity index (χ0v) is 13.6. The molecule has 0 atom stereocenters. The number of anilines is 1. The number of amides is 4. The van der Waals surface area contributed by atoms with Crippen LogP contribution in [0, 0.1) is 0 Å². The normalized spacial score (nSPS) is 16.3. The first kappa shape index (κ1) is 16.4. The summed E-state index contributed by atoms with van der Waals surface area (Å²) in [6.45, 7) is -0.0711. The van der Waals surface area contributed by atoms with Gasteiger partial charge in [-0.1, -0.05) is 0 Å². The summed E-state index contributed by atoms with van der Waals surface area (Å²) in [4.78, 5) is 47.4. The first-order valence-corrected chi connectivity index (χ1v) is 7.36. The van der Waals surface area contributed by atoms with Crippen molar-refractivity contribution in [3.05, 3.63) is 47.7 Å². The molecule has 0 unspecified atom stereocenters. The molecule has 3 heterocycles. The molecule has 0 saturated carbocycles. The van der Waals surface area contributed by atoms with Crippen LogP contribution >= 0.6 is 0 Å². The highest BCUT2D eigenvalue weighted by Gasteiger charge is 2.36. The van der Waals surface area contributed by atoms with Gasteiger partial charge in [-0.15, -0.1) is 0 Å². The van der Waals surface area contributed by atoms with Gasteiger partial charge in [-0.3, -0.25) is 19.8 Å². The third-order valence-corrected chi connectivity index (χ3v) is 3.45. The van der Waals surface area contributed by atoms with Crippen LogP contribution in [0.25, 0.3) is 6.08 Å². The van der Waals surface area contributed by atoms with Gasteiger partial charge in [-0.2, -0.15) is 0 Å². The molecule has 9 heteroatoms. The number of barbiturate groups is 1. The second-order valence-electron chi connectivity index (χ2n) is 5.50. The fourth-order valence-electron chi connectivity index (χ4n) is 2.20. The van der Waals surface area contributed by atoms with Crippen LogP contribution in [0.4, 0.5) is 10.7 Å². The highest BCUT2D eigenvalue weighted by Crippen LogP contribution is 2.17. The van der Waals surface area contributed by atoms with Crippen molar-refractivity contribution in [2.75, 3.05) is 19.0 Å². The number of furan rings is 1. The summed E-state index contributed by atoms with van der Waals surface area (Å²) in [5, 5.41) is 2.14. The summed E-state index contributed by atoms with van der Waals surface area (Å²) < 4.78 is 5.15. The van der Waals surface area contributed by atoms with E-state index in [4.69, 9.17) is 4.42 Å². The molecule has 25 heavy (non-hydrogen) atoms. The first-order chi connectivity index (χ1) is 12.0. The molecule has 4 amide bonds. The number of nitrogens with one attached hydrogen (secondary N) is 1. The Hall–Kier alpha value is -3.49.